The van der Waals surface area contributed by atoms with Crippen molar-refractivity contribution in [1.82, 2.24) is 0 Å². The molecule has 1 fully saturated rings. The van der Waals surface area contributed by atoms with Gasteiger partial charge in [0.25, 0.3) is 0 Å². The minimum atomic E-state index is -0.498. The Labute approximate surface area is 206 Å². The highest BCUT2D eigenvalue weighted by Gasteiger charge is 2.28. The van der Waals surface area contributed by atoms with Crippen molar-refractivity contribution >= 4 is 29.4 Å². The lowest BCUT2D eigenvalue weighted by atomic mass is 9.87. The minimum Gasteiger partial charge on any atom is -0.458 e. The highest BCUT2D eigenvalue weighted by atomic mass is 16.5. The number of benzene rings is 2. The molecule has 35 heavy (non-hydrogen) atoms. The van der Waals surface area contributed by atoms with Gasteiger partial charge in [-0.15, -0.1) is 6.58 Å². The van der Waals surface area contributed by atoms with Crippen LogP contribution < -0.4 is 16.2 Å². The summed E-state index contributed by atoms with van der Waals surface area (Å²) in [4.78, 5) is 24.6. The van der Waals surface area contributed by atoms with Gasteiger partial charge in [0.05, 0.1) is 12.0 Å². The van der Waals surface area contributed by atoms with Gasteiger partial charge in [-0.25, -0.2) is 4.79 Å². The molecule has 1 aliphatic carbocycles. The van der Waals surface area contributed by atoms with Gasteiger partial charge in [-0.3, -0.25) is 4.79 Å². The average Bonchev–Trinajstić information content (AvgIpc) is 2.87. The smallest absolute Gasteiger partial charge is 0.331 e. The molecule has 7 heteroatoms. The highest BCUT2D eigenvalue weighted by molar-refractivity contribution is 5.87. The second-order valence-electron chi connectivity index (χ2n) is 8.66. The molecule has 4 N–H and O–H groups in total. The zero-order chi connectivity index (χ0) is 25.0. The molecule has 0 heterocycles. The first-order valence-corrected chi connectivity index (χ1v) is 12.0. The summed E-state index contributed by atoms with van der Waals surface area (Å²) in [5.41, 5.74) is 14.1. The fourth-order valence-electron chi connectivity index (χ4n) is 3.90. The molecular formula is C28H34N2O5. The highest BCUT2D eigenvalue weighted by Crippen LogP contribution is 2.28. The van der Waals surface area contributed by atoms with E-state index >= 15 is 0 Å². The lowest BCUT2D eigenvalue weighted by molar-refractivity contribution is -0.141. The number of carbonyl (C=O) groups excluding carboxylic acids is 2. The molecular weight excluding hydrogens is 444 g/mol. The van der Waals surface area contributed by atoms with Crippen LogP contribution >= 0.6 is 0 Å². The van der Waals surface area contributed by atoms with Gasteiger partial charge in [0, 0.05) is 29.6 Å². The molecule has 0 unspecified atom stereocenters. The molecule has 2 aromatic rings. The summed E-state index contributed by atoms with van der Waals surface area (Å²) >= 11 is 0. The number of rotatable bonds is 11. The summed E-state index contributed by atoms with van der Waals surface area (Å²) < 4.78 is 16.7. The van der Waals surface area contributed by atoms with E-state index in [1.165, 1.54) is 6.08 Å². The number of nitrogen functional groups attached to an aromatic ring is 2. The molecule has 0 atom stereocenters. The maximum Gasteiger partial charge on any atom is 0.331 e. The number of unbranched alkanes of at least 4 members (excludes halogenated alkanes) is 1. The first kappa shape index (κ1) is 26.0. The first-order valence-electron chi connectivity index (χ1n) is 12.0. The number of esters is 2. The summed E-state index contributed by atoms with van der Waals surface area (Å²) in [5, 5.41) is 0. The van der Waals surface area contributed by atoms with Crippen LogP contribution in [0.2, 0.25) is 0 Å². The molecule has 7 nitrogen and oxygen atoms in total. The number of hydrogen-bond acceptors (Lipinski definition) is 7. The molecule has 1 saturated carbocycles. The Balaban J connectivity index is 1.40. The van der Waals surface area contributed by atoms with E-state index in [9.17, 15) is 9.59 Å². The monoisotopic (exact) mass is 478 g/mol. The number of nitrogens with two attached hydrogens (primary N) is 2. The number of hydrogen-bond donors (Lipinski definition) is 2. The van der Waals surface area contributed by atoms with Gasteiger partial charge in [0.2, 0.25) is 0 Å². The Bertz CT molecular complexity index is 1020. The molecule has 3 rings (SSSR count). The zero-order valence-corrected chi connectivity index (χ0v) is 20.0. The molecule has 186 valence electrons. The van der Waals surface area contributed by atoms with Gasteiger partial charge in [0.15, 0.2) is 0 Å². The van der Waals surface area contributed by atoms with Crippen LogP contribution in [-0.4, -0.2) is 24.6 Å². The van der Waals surface area contributed by atoms with Crippen molar-refractivity contribution in [3.05, 3.63) is 72.3 Å². The van der Waals surface area contributed by atoms with Crippen LogP contribution in [0, 0.1) is 5.92 Å². The van der Waals surface area contributed by atoms with E-state index in [-0.39, 0.29) is 24.6 Å². The van der Waals surface area contributed by atoms with Gasteiger partial charge >= 0.3 is 11.9 Å². The lowest BCUT2D eigenvalue weighted by Crippen LogP contribution is -2.29. The van der Waals surface area contributed by atoms with Crippen LogP contribution in [0.1, 0.15) is 49.7 Å². The maximum absolute atomic E-state index is 12.5. The van der Waals surface area contributed by atoms with E-state index in [2.05, 4.69) is 6.58 Å². The molecule has 0 radical (unpaired) electrons. The lowest BCUT2D eigenvalue weighted by Gasteiger charge is -2.27. The molecule has 0 bridgehead atoms. The number of carbonyl (C=O) groups is 2. The van der Waals surface area contributed by atoms with Gasteiger partial charge in [0.1, 0.15) is 12.4 Å². The van der Waals surface area contributed by atoms with E-state index in [1.54, 1.807) is 48.5 Å². The van der Waals surface area contributed by atoms with Crippen molar-refractivity contribution in [3.8, 4) is 5.75 Å². The normalized spacial score (nSPS) is 17.7. The number of anilines is 2. The summed E-state index contributed by atoms with van der Waals surface area (Å²) in [5.74, 6) is -0.327. The fraction of sp³-hybridized carbons (Fsp3) is 0.357. The number of allylic oxidation sites excluding steroid dienone is 1. The summed E-state index contributed by atoms with van der Waals surface area (Å²) in [7, 11) is 0. The van der Waals surface area contributed by atoms with Crippen molar-refractivity contribution in [2.24, 2.45) is 5.92 Å². The van der Waals surface area contributed by atoms with Crippen molar-refractivity contribution in [1.29, 1.82) is 0 Å². The quantitative estimate of drug-likeness (QED) is 0.116. The molecule has 0 spiro atoms. The molecule has 1 aliphatic rings. The van der Waals surface area contributed by atoms with Crippen LogP contribution in [0.15, 0.2) is 61.2 Å². The standard InChI is InChI=1S/C28H34N2O5/c1-2-3-4-17-33-24-13-8-21(9-14-24)28(32)35-25-11-5-20(6-12-25)7-16-27(31)34-19-22-18-23(29)10-15-26(22)30/h2,5-7,10-12,15-16,18,21,24H,1,3-4,8-9,13-14,17,19,29-30H2. The largest absolute Gasteiger partial charge is 0.458 e. The summed E-state index contributed by atoms with van der Waals surface area (Å²) in [6.07, 6.45) is 10.3. The molecule has 0 aromatic heterocycles. The summed E-state index contributed by atoms with van der Waals surface area (Å²) in [6.45, 7) is 4.49. The second-order valence-corrected chi connectivity index (χ2v) is 8.66. The fourth-order valence-corrected chi connectivity index (χ4v) is 3.90. The predicted molar refractivity (Wildman–Crippen MR) is 137 cm³/mol. The summed E-state index contributed by atoms with van der Waals surface area (Å²) in [6, 6.07) is 12.0. The van der Waals surface area contributed by atoms with E-state index in [0.717, 1.165) is 50.7 Å². The van der Waals surface area contributed by atoms with E-state index in [1.807, 2.05) is 6.08 Å². The second kappa shape index (κ2) is 13.3. The van der Waals surface area contributed by atoms with Crippen LogP contribution in [0.25, 0.3) is 6.08 Å². The Kier molecular flexibility index (Phi) is 9.93. The van der Waals surface area contributed by atoms with Crippen molar-refractivity contribution in [3.63, 3.8) is 0 Å². The van der Waals surface area contributed by atoms with Crippen molar-refractivity contribution in [2.75, 3.05) is 18.1 Å². The third kappa shape index (κ3) is 8.61. The Morgan fingerprint density at radius 3 is 2.49 bits per heavy atom. The molecule has 2 aromatic carbocycles. The van der Waals surface area contributed by atoms with Crippen LogP contribution in [0.3, 0.4) is 0 Å². The minimum absolute atomic E-state index is 0.0400. The molecule has 0 aliphatic heterocycles. The number of ether oxygens (including phenoxy) is 3. The first-order chi connectivity index (χ1) is 16.9. The Morgan fingerprint density at radius 1 is 1.03 bits per heavy atom. The maximum atomic E-state index is 12.5. The Morgan fingerprint density at radius 2 is 1.77 bits per heavy atom. The van der Waals surface area contributed by atoms with Crippen molar-refractivity contribution in [2.45, 2.75) is 51.2 Å². The Hall–Kier alpha value is -3.58. The average molecular weight is 479 g/mol. The van der Waals surface area contributed by atoms with E-state index < -0.39 is 5.97 Å². The molecule has 0 saturated heterocycles. The van der Waals surface area contributed by atoms with Crippen LogP contribution in [0.4, 0.5) is 11.4 Å². The van der Waals surface area contributed by atoms with Gasteiger partial charge in [-0.05, 0) is 80.5 Å². The van der Waals surface area contributed by atoms with E-state index in [4.69, 9.17) is 25.7 Å². The van der Waals surface area contributed by atoms with Crippen molar-refractivity contribution < 1.29 is 23.8 Å². The van der Waals surface area contributed by atoms with Crippen LogP contribution in [-0.2, 0) is 25.7 Å². The topological polar surface area (TPSA) is 114 Å². The third-order valence-electron chi connectivity index (χ3n) is 5.96. The SMILES string of the molecule is C=CCCCOC1CCC(C(=O)Oc2ccc(C=CC(=O)OCc3cc(N)ccc3N)cc2)CC1. The van der Waals surface area contributed by atoms with Gasteiger partial charge in [-0.2, -0.15) is 0 Å². The van der Waals surface area contributed by atoms with Gasteiger partial charge in [-0.1, -0.05) is 18.2 Å². The van der Waals surface area contributed by atoms with Crippen LogP contribution in [0.5, 0.6) is 5.75 Å². The predicted octanol–water partition coefficient (Wildman–Crippen LogP) is 5.05. The molecule has 0 amide bonds. The van der Waals surface area contributed by atoms with E-state index in [0.29, 0.717) is 22.7 Å². The third-order valence-corrected chi connectivity index (χ3v) is 5.96. The van der Waals surface area contributed by atoms with Gasteiger partial charge < -0.3 is 25.7 Å². The zero-order valence-electron chi connectivity index (χ0n) is 20.0.